The molecule has 1 aliphatic rings. The summed E-state index contributed by atoms with van der Waals surface area (Å²) in [5, 5.41) is 8.05. The third-order valence-electron chi connectivity index (χ3n) is 3.26. The first-order chi connectivity index (χ1) is 8.24. The second-order valence-electron chi connectivity index (χ2n) is 4.40. The fourth-order valence-corrected chi connectivity index (χ4v) is 2.14. The lowest BCUT2D eigenvalue weighted by atomic mass is 10.1. The third kappa shape index (κ3) is 1.73. The van der Waals surface area contributed by atoms with E-state index in [4.69, 9.17) is 5.73 Å². The molecule has 1 aromatic carbocycles. The smallest absolute Gasteiger partial charge is 0.152 e. The second kappa shape index (κ2) is 3.76. The normalized spacial score (nSPS) is 14.8. The molecule has 5 nitrogen and oxygen atoms in total. The van der Waals surface area contributed by atoms with Crippen molar-refractivity contribution in [2.75, 3.05) is 17.2 Å². The Balaban J connectivity index is 1.89. The summed E-state index contributed by atoms with van der Waals surface area (Å²) in [4.78, 5) is 2.30. The Kier molecular flexibility index (Phi) is 2.24. The number of benzene rings is 1. The van der Waals surface area contributed by atoms with Gasteiger partial charge in [-0.05, 0) is 30.7 Å². The molecule has 17 heavy (non-hydrogen) atoms. The maximum atomic E-state index is 5.83. The van der Waals surface area contributed by atoms with Gasteiger partial charge in [0, 0.05) is 24.5 Å². The van der Waals surface area contributed by atoms with Crippen LogP contribution in [0.2, 0.25) is 0 Å². The number of aromatic nitrogens is 3. The fraction of sp³-hybridized carbons (Fsp3) is 0.333. The summed E-state index contributed by atoms with van der Waals surface area (Å²) >= 11 is 0. The number of aryl methyl sites for hydroxylation is 1. The fourth-order valence-electron chi connectivity index (χ4n) is 2.14. The summed E-state index contributed by atoms with van der Waals surface area (Å²) in [6, 6.07) is 6.15. The first kappa shape index (κ1) is 10.1. The topological polar surface area (TPSA) is 60.0 Å². The maximum absolute atomic E-state index is 5.83. The van der Waals surface area contributed by atoms with Gasteiger partial charge in [0.15, 0.2) is 5.82 Å². The van der Waals surface area contributed by atoms with E-state index in [1.54, 1.807) is 6.33 Å². The molecule has 2 aromatic rings. The molecule has 2 heterocycles. The van der Waals surface area contributed by atoms with Gasteiger partial charge in [0.05, 0.1) is 6.54 Å². The molecule has 0 radical (unpaired) electrons. The van der Waals surface area contributed by atoms with E-state index >= 15 is 0 Å². The number of hydrogen-bond donors (Lipinski definition) is 1. The molecule has 88 valence electrons. The molecule has 0 saturated heterocycles. The van der Waals surface area contributed by atoms with Crippen LogP contribution in [0.4, 0.5) is 11.4 Å². The first-order valence-electron chi connectivity index (χ1n) is 5.72. The van der Waals surface area contributed by atoms with Gasteiger partial charge in [0.2, 0.25) is 0 Å². The maximum Gasteiger partial charge on any atom is 0.152 e. The lowest BCUT2D eigenvalue weighted by molar-refractivity contribution is 0.560. The van der Waals surface area contributed by atoms with Gasteiger partial charge in [0.25, 0.3) is 0 Å². The van der Waals surface area contributed by atoms with Crippen molar-refractivity contribution in [1.29, 1.82) is 0 Å². The second-order valence-corrected chi connectivity index (χ2v) is 4.40. The molecule has 0 amide bonds. The molecule has 1 aromatic heterocycles. The molecule has 0 aliphatic carbocycles. The lowest BCUT2D eigenvalue weighted by Gasteiger charge is -2.29. The average Bonchev–Trinajstić information content (AvgIpc) is 2.79. The zero-order valence-corrected chi connectivity index (χ0v) is 9.80. The van der Waals surface area contributed by atoms with Crippen LogP contribution in [-0.2, 0) is 13.1 Å². The van der Waals surface area contributed by atoms with E-state index in [9.17, 15) is 0 Å². The van der Waals surface area contributed by atoms with Gasteiger partial charge in [-0.1, -0.05) is 0 Å². The van der Waals surface area contributed by atoms with Gasteiger partial charge in [-0.15, -0.1) is 10.2 Å². The van der Waals surface area contributed by atoms with Crippen molar-refractivity contribution >= 4 is 11.4 Å². The van der Waals surface area contributed by atoms with Crippen LogP contribution in [0.5, 0.6) is 0 Å². The number of anilines is 2. The minimum atomic E-state index is 0.809. The van der Waals surface area contributed by atoms with Crippen LogP contribution in [0.1, 0.15) is 11.4 Å². The van der Waals surface area contributed by atoms with Gasteiger partial charge in [0.1, 0.15) is 6.33 Å². The Hall–Kier alpha value is -2.04. The van der Waals surface area contributed by atoms with Crippen LogP contribution in [0.15, 0.2) is 24.5 Å². The summed E-state index contributed by atoms with van der Waals surface area (Å²) in [7, 11) is 0. The highest BCUT2D eigenvalue weighted by Gasteiger charge is 2.17. The molecule has 0 saturated carbocycles. The molecule has 0 unspecified atom stereocenters. The van der Waals surface area contributed by atoms with Crippen molar-refractivity contribution in [2.45, 2.75) is 20.0 Å². The van der Waals surface area contributed by atoms with E-state index < -0.39 is 0 Å². The van der Waals surface area contributed by atoms with E-state index in [1.165, 1.54) is 5.69 Å². The predicted octanol–water partition coefficient (Wildman–Crippen LogP) is 1.19. The molecular formula is C12H15N5. The van der Waals surface area contributed by atoms with Gasteiger partial charge in [-0.3, -0.25) is 0 Å². The van der Waals surface area contributed by atoms with E-state index in [-0.39, 0.29) is 0 Å². The molecule has 0 bridgehead atoms. The van der Waals surface area contributed by atoms with Crippen LogP contribution in [0, 0.1) is 6.92 Å². The van der Waals surface area contributed by atoms with Crippen LogP contribution in [0.25, 0.3) is 0 Å². The minimum Gasteiger partial charge on any atom is -0.399 e. The Morgan fingerprint density at radius 1 is 1.29 bits per heavy atom. The molecule has 0 atom stereocenters. The van der Waals surface area contributed by atoms with Gasteiger partial charge in [-0.25, -0.2) is 0 Å². The zero-order valence-electron chi connectivity index (χ0n) is 9.80. The monoisotopic (exact) mass is 229 g/mol. The standard InChI is InChI=1S/C12H15N5/c1-9-6-10(2-3-11(9)13)16-4-5-17-8-14-15-12(17)7-16/h2-3,6,8H,4-5,7,13H2,1H3. The molecular weight excluding hydrogens is 214 g/mol. The largest absolute Gasteiger partial charge is 0.399 e. The number of nitrogens with zero attached hydrogens (tertiary/aromatic N) is 4. The summed E-state index contributed by atoms with van der Waals surface area (Å²) in [5.74, 6) is 1.02. The van der Waals surface area contributed by atoms with Crippen LogP contribution < -0.4 is 10.6 Å². The van der Waals surface area contributed by atoms with E-state index in [0.717, 1.165) is 36.7 Å². The summed E-state index contributed by atoms with van der Waals surface area (Å²) in [6.45, 7) is 4.76. The highest BCUT2D eigenvalue weighted by molar-refractivity contribution is 5.58. The molecule has 0 fully saturated rings. The van der Waals surface area contributed by atoms with Crippen molar-refractivity contribution in [1.82, 2.24) is 14.8 Å². The van der Waals surface area contributed by atoms with Crippen LogP contribution in [0.3, 0.4) is 0 Å². The molecule has 1 aliphatic heterocycles. The van der Waals surface area contributed by atoms with Crippen molar-refractivity contribution < 1.29 is 0 Å². The molecule has 3 rings (SSSR count). The summed E-state index contributed by atoms with van der Waals surface area (Å²) in [6.07, 6.45) is 1.79. The van der Waals surface area contributed by atoms with Gasteiger partial charge >= 0.3 is 0 Å². The first-order valence-corrected chi connectivity index (χ1v) is 5.72. The van der Waals surface area contributed by atoms with Crippen molar-refractivity contribution in [3.05, 3.63) is 35.9 Å². The molecule has 2 N–H and O–H groups in total. The Morgan fingerprint density at radius 3 is 3.00 bits per heavy atom. The number of nitrogen functional groups attached to an aromatic ring is 1. The van der Waals surface area contributed by atoms with E-state index in [1.807, 2.05) is 13.0 Å². The van der Waals surface area contributed by atoms with Crippen molar-refractivity contribution in [3.63, 3.8) is 0 Å². The SMILES string of the molecule is Cc1cc(N2CCn3cnnc3C2)ccc1N. The highest BCUT2D eigenvalue weighted by Crippen LogP contribution is 2.23. The summed E-state index contributed by atoms with van der Waals surface area (Å²) < 4.78 is 2.10. The van der Waals surface area contributed by atoms with E-state index in [2.05, 4.69) is 31.8 Å². The number of rotatable bonds is 1. The Bertz CT molecular complexity index is 546. The number of fused-ring (bicyclic) bond motifs is 1. The van der Waals surface area contributed by atoms with Crippen molar-refractivity contribution in [2.24, 2.45) is 0 Å². The zero-order chi connectivity index (χ0) is 11.8. The molecule has 0 spiro atoms. The number of nitrogens with two attached hydrogens (primary N) is 1. The minimum absolute atomic E-state index is 0.809. The van der Waals surface area contributed by atoms with Gasteiger partial charge < -0.3 is 15.2 Å². The lowest BCUT2D eigenvalue weighted by Crippen LogP contribution is -2.33. The van der Waals surface area contributed by atoms with Gasteiger partial charge in [-0.2, -0.15) is 0 Å². The number of hydrogen-bond acceptors (Lipinski definition) is 4. The van der Waals surface area contributed by atoms with Crippen molar-refractivity contribution in [3.8, 4) is 0 Å². The average molecular weight is 229 g/mol. The van der Waals surface area contributed by atoms with Crippen LogP contribution in [-0.4, -0.2) is 21.3 Å². The Morgan fingerprint density at radius 2 is 2.18 bits per heavy atom. The van der Waals surface area contributed by atoms with Crippen LogP contribution >= 0.6 is 0 Å². The quantitative estimate of drug-likeness (QED) is 0.746. The highest BCUT2D eigenvalue weighted by atomic mass is 15.3. The Labute approximate surface area is 99.9 Å². The molecule has 5 heteroatoms. The van der Waals surface area contributed by atoms with E-state index in [0.29, 0.717) is 0 Å². The predicted molar refractivity (Wildman–Crippen MR) is 66.7 cm³/mol. The third-order valence-corrected chi connectivity index (χ3v) is 3.26. The summed E-state index contributed by atoms with van der Waals surface area (Å²) in [5.41, 5.74) is 8.99.